The van der Waals surface area contributed by atoms with Crippen molar-refractivity contribution in [1.82, 2.24) is 5.32 Å². The summed E-state index contributed by atoms with van der Waals surface area (Å²) in [5.74, 6) is -0.252. The number of rotatable bonds is 26. The molecule has 2 aliphatic rings. The molecule has 12 atom stereocenters. The smallest absolute Gasteiger partial charge is 0.220 e. The van der Waals surface area contributed by atoms with Gasteiger partial charge in [-0.25, -0.2) is 0 Å². The van der Waals surface area contributed by atoms with Gasteiger partial charge in [-0.05, 0) is 12.8 Å². The van der Waals surface area contributed by atoms with Crippen LogP contribution in [0.2, 0.25) is 0 Å². The largest absolute Gasteiger partial charge is 0.394 e. The Labute approximate surface area is 297 Å². The zero-order chi connectivity index (χ0) is 36.9. The molecule has 0 bridgehead atoms. The number of nitrogens with one attached hydrogen (secondary N) is 1. The van der Waals surface area contributed by atoms with E-state index in [-0.39, 0.29) is 18.9 Å². The Morgan fingerprint density at radius 3 is 1.82 bits per heavy atom. The van der Waals surface area contributed by atoms with Gasteiger partial charge in [-0.2, -0.15) is 0 Å². The van der Waals surface area contributed by atoms with Gasteiger partial charge in [-0.1, -0.05) is 109 Å². The summed E-state index contributed by atoms with van der Waals surface area (Å²) in [5.41, 5.74) is 0. The van der Waals surface area contributed by atoms with Gasteiger partial charge in [0.1, 0.15) is 48.8 Å². The highest BCUT2D eigenvalue weighted by molar-refractivity contribution is 5.76. The first-order valence-corrected chi connectivity index (χ1v) is 18.9. The van der Waals surface area contributed by atoms with Gasteiger partial charge in [-0.15, -0.1) is 0 Å². The highest BCUT2D eigenvalue weighted by Gasteiger charge is 2.50. The molecule has 1 amide bonds. The van der Waals surface area contributed by atoms with Crippen LogP contribution in [-0.2, 0) is 23.7 Å². The van der Waals surface area contributed by atoms with Crippen molar-refractivity contribution in [3.63, 3.8) is 0 Å². The van der Waals surface area contributed by atoms with Crippen molar-refractivity contribution in [3.05, 3.63) is 12.2 Å². The topological polar surface area (TPSA) is 228 Å². The number of allylic oxidation sites excluding steroid dienone is 1. The van der Waals surface area contributed by atoms with Crippen LogP contribution in [0.15, 0.2) is 12.2 Å². The van der Waals surface area contributed by atoms with E-state index in [0.717, 1.165) is 38.5 Å². The Bertz CT molecular complexity index is 909. The zero-order valence-electron chi connectivity index (χ0n) is 30.1. The monoisotopic (exact) mass is 721 g/mol. The van der Waals surface area contributed by atoms with Gasteiger partial charge < -0.3 is 65.1 Å². The van der Waals surface area contributed by atoms with Crippen molar-refractivity contribution < 1.29 is 64.6 Å². The van der Waals surface area contributed by atoms with Crippen LogP contribution in [0.5, 0.6) is 0 Å². The van der Waals surface area contributed by atoms with Crippen LogP contribution in [0.4, 0.5) is 0 Å². The van der Waals surface area contributed by atoms with Gasteiger partial charge >= 0.3 is 0 Å². The molecule has 2 heterocycles. The number of carbonyl (C=O) groups is 1. The van der Waals surface area contributed by atoms with Gasteiger partial charge in [0, 0.05) is 6.42 Å². The quantitative estimate of drug-likeness (QED) is 0.0454. The van der Waals surface area contributed by atoms with E-state index < -0.39 is 86.8 Å². The predicted octanol–water partition coefficient (Wildman–Crippen LogP) is 1.31. The normalized spacial score (nSPS) is 31.6. The minimum absolute atomic E-state index is 0.252. The summed E-state index contributed by atoms with van der Waals surface area (Å²) in [6.45, 7) is 2.57. The molecule has 2 saturated heterocycles. The second-order valence-electron chi connectivity index (χ2n) is 13.7. The number of carbonyl (C=O) groups excluding carboxylic acids is 1. The Morgan fingerprint density at radius 1 is 0.700 bits per heavy atom. The summed E-state index contributed by atoms with van der Waals surface area (Å²) in [7, 11) is 0. The molecule has 294 valence electrons. The molecule has 2 rings (SSSR count). The fraction of sp³-hybridized carbons (Fsp3) is 0.917. The summed E-state index contributed by atoms with van der Waals surface area (Å²) < 4.78 is 22.4. The Balaban J connectivity index is 1.90. The van der Waals surface area contributed by atoms with Crippen LogP contribution in [-0.4, -0.2) is 140 Å². The molecule has 2 fully saturated rings. The summed E-state index contributed by atoms with van der Waals surface area (Å²) in [6, 6.07) is -0.902. The van der Waals surface area contributed by atoms with Crippen molar-refractivity contribution in [2.45, 2.75) is 190 Å². The zero-order valence-corrected chi connectivity index (χ0v) is 30.1. The molecule has 2 aliphatic heterocycles. The summed E-state index contributed by atoms with van der Waals surface area (Å²) in [4.78, 5) is 12.9. The lowest BCUT2D eigenvalue weighted by Crippen LogP contribution is -2.65. The highest BCUT2D eigenvalue weighted by atomic mass is 16.7. The fourth-order valence-corrected chi connectivity index (χ4v) is 6.21. The lowest BCUT2D eigenvalue weighted by Gasteiger charge is -2.46. The van der Waals surface area contributed by atoms with E-state index in [1.54, 1.807) is 6.08 Å². The molecule has 14 nitrogen and oxygen atoms in total. The second-order valence-corrected chi connectivity index (χ2v) is 13.7. The number of hydrogen-bond acceptors (Lipinski definition) is 13. The Morgan fingerprint density at radius 2 is 1.24 bits per heavy atom. The maximum Gasteiger partial charge on any atom is 0.220 e. The van der Waals surface area contributed by atoms with Gasteiger partial charge in [-0.3, -0.25) is 4.79 Å². The number of aliphatic hydroxyl groups excluding tert-OH is 8. The Kier molecular flexibility index (Phi) is 23.0. The molecular weight excluding hydrogens is 654 g/mol. The average Bonchev–Trinajstić information content (AvgIpc) is 3.11. The molecule has 50 heavy (non-hydrogen) atoms. The van der Waals surface area contributed by atoms with E-state index in [1.807, 2.05) is 6.08 Å². The van der Waals surface area contributed by atoms with E-state index >= 15 is 0 Å². The number of hydrogen-bond donors (Lipinski definition) is 9. The average molecular weight is 722 g/mol. The molecule has 14 heteroatoms. The molecule has 0 aromatic rings. The summed E-state index contributed by atoms with van der Waals surface area (Å²) in [6.07, 6.45) is 3.55. The van der Waals surface area contributed by atoms with Crippen LogP contribution in [0.1, 0.15) is 117 Å². The van der Waals surface area contributed by atoms with E-state index in [4.69, 9.17) is 18.9 Å². The number of ether oxygens (including phenoxy) is 4. The highest BCUT2D eigenvalue weighted by Crippen LogP contribution is 2.29. The first-order chi connectivity index (χ1) is 24.1. The maximum absolute atomic E-state index is 12.9. The standard InChI is InChI=1S/C36H67NO13/c1-3-5-7-9-10-11-12-13-14-15-16-18-20-28(41)37-24(25(40)19-17-8-6-4-2)23-47-35-33(46)31(44)34(27(22-39)49-35)50-36-32(45)30(43)29(42)26(21-38)48-36/h17,19,24-27,29-36,38-40,42-46H,3-16,18,20-23H2,1-2H3,(H,37,41)/b19-17+. The summed E-state index contributed by atoms with van der Waals surface area (Å²) >= 11 is 0. The van der Waals surface area contributed by atoms with Crippen LogP contribution < -0.4 is 5.32 Å². The molecule has 0 aliphatic carbocycles. The van der Waals surface area contributed by atoms with Crippen molar-refractivity contribution >= 4 is 5.91 Å². The van der Waals surface area contributed by atoms with Gasteiger partial charge in [0.15, 0.2) is 12.6 Å². The van der Waals surface area contributed by atoms with Crippen LogP contribution in [0.25, 0.3) is 0 Å². The van der Waals surface area contributed by atoms with Gasteiger partial charge in [0.25, 0.3) is 0 Å². The van der Waals surface area contributed by atoms with Crippen molar-refractivity contribution in [2.75, 3.05) is 19.8 Å². The molecule has 0 saturated carbocycles. The molecule has 0 aromatic carbocycles. The second kappa shape index (κ2) is 25.7. The van der Waals surface area contributed by atoms with Crippen LogP contribution >= 0.6 is 0 Å². The number of aliphatic hydroxyl groups is 8. The van der Waals surface area contributed by atoms with Crippen molar-refractivity contribution in [3.8, 4) is 0 Å². The van der Waals surface area contributed by atoms with Crippen molar-refractivity contribution in [1.29, 1.82) is 0 Å². The van der Waals surface area contributed by atoms with Crippen LogP contribution in [0, 0.1) is 0 Å². The SMILES string of the molecule is CCCC/C=C/C(O)C(COC1OC(CO)C(OC2OC(CO)C(O)C(O)C2O)C(O)C1O)NC(=O)CCCCCCCCCCCCCC. The minimum Gasteiger partial charge on any atom is -0.394 e. The lowest BCUT2D eigenvalue weighted by atomic mass is 9.97. The van der Waals surface area contributed by atoms with Gasteiger partial charge in [0.2, 0.25) is 5.91 Å². The molecule has 0 aromatic heterocycles. The molecular formula is C36H67NO13. The molecule has 9 N–H and O–H groups in total. The lowest BCUT2D eigenvalue weighted by molar-refractivity contribution is -0.359. The van der Waals surface area contributed by atoms with Crippen molar-refractivity contribution in [2.24, 2.45) is 0 Å². The number of unbranched alkanes of at least 4 members (excludes halogenated alkanes) is 13. The third-order valence-corrected chi connectivity index (χ3v) is 9.47. The predicted molar refractivity (Wildman–Crippen MR) is 185 cm³/mol. The minimum atomic E-state index is -1.78. The van der Waals surface area contributed by atoms with Gasteiger partial charge in [0.05, 0.1) is 32.0 Å². The van der Waals surface area contributed by atoms with E-state index in [2.05, 4.69) is 19.2 Å². The Hall–Kier alpha value is -1.27. The third kappa shape index (κ3) is 15.4. The molecule has 0 radical (unpaired) electrons. The summed E-state index contributed by atoms with van der Waals surface area (Å²) in [5, 5.41) is 85.5. The third-order valence-electron chi connectivity index (χ3n) is 9.47. The van der Waals surface area contributed by atoms with E-state index in [9.17, 15) is 45.6 Å². The fourth-order valence-electron chi connectivity index (χ4n) is 6.21. The molecule has 0 spiro atoms. The van der Waals surface area contributed by atoms with E-state index in [1.165, 1.54) is 51.4 Å². The van der Waals surface area contributed by atoms with E-state index in [0.29, 0.717) is 6.42 Å². The van der Waals surface area contributed by atoms with Crippen LogP contribution in [0.3, 0.4) is 0 Å². The number of amides is 1. The maximum atomic E-state index is 12.9. The first kappa shape index (κ1) is 44.9. The first-order valence-electron chi connectivity index (χ1n) is 18.9. The molecule has 12 unspecified atom stereocenters.